The number of amides is 1. The van der Waals surface area contributed by atoms with Gasteiger partial charge in [0, 0.05) is 23.8 Å². The lowest BCUT2D eigenvalue weighted by molar-refractivity contribution is -0.385. The number of pyridine rings is 1. The van der Waals surface area contributed by atoms with Crippen molar-refractivity contribution in [3.8, 4) is 16.9 Å². The predicted octanol–water partition coefficient (Wildman–Crippen LogP) is 3.25. The van der Waals surface area contributed by atoms with Crippen LogP contribution < -0.4 is 10.9 Å². The molecular weight excluding hydrogens is 398 g/mol. The first kappa shape index (κ1) is 19.8. The van der Waals surface area contributed by atoms with Gasteiger partial charge in [-0.3, -0.25) is 24.3 Å². The molecule has 0 aliphatic heterocycles. The minimum absolute atomic E-state index is 0.270. The van der Waals surface area contributed by atoms with Crippen LogP contribution in [0.2, 0.25) is 0 Å². The van der Waals surface area contributed by atoms with E-state index in [0.29, 0.717) is 11.5 Å². The molecule has 0 bridgehead atoms. The van der Waals surface area contributed by atoms with E-state index in [1.807, 2.05) is 60.7 Å². The molecule has 4 rings (SSSR count). The van der Waals surface area contributed by atoms with E-state index in [1.165, 1.54) is 0 Å². The van der Waals surface area contributed by atoms with Crippen LogP contribution in [0, 0.1) is 10.1 Å². The zero-order chi connectivity index (χ0) is 21.8. The second-order valence-corrected chi connectivity index (χ2v) is 6.69. The fourth-order valence-electron chi connectivity index (χ4n) is 3.07. The lowest BCUT2D eigenvalue weighted by Gasteiger charge is -2.09. The molecule has 31 heavy (non-hydrogen) atoms. The van der Waals surface area contributed by atoms with Gasteiger partial charge in [0.25, 0.3) is 11.2 Å². The van der Waals surface area contributed by atoms with E-state index in [9.17, 15) is 19.7 Å². The number of hydrogen-bond acceptors (Lipinski definition) is 5. The molecule has 0 atom stereocenters. The highest BCUT2D eigenvalue weighted by Gasteiger charge is 2.15. The topological polar surface area (TPSA) is 112 Å². The van der Waals surface area contributed by atoms with E-state index in [-0.39, 0.29) is 12.2 Å². The highest BCUT2D eigenvalue weighted by atomic mass is 16.6. The lowest BCUT2D eigenvalue weighted by Crippen LogP contribution is -2.27. The predicted molar refractivity (Wildman–Crippen MR) is 115 cm³/mol. The van der Waals surface area contributed by atoms with Crippen LogP contribution in [0.4, 0.5) is 11.5 Å². The van der Waals surface area contributed by atoms with Gasteiger partial charge in [0.1, 0.15) is 12.4 Å². The number of carbonyl (C=O) groups excluding carboxylic acids is 1. The van der Waals surface area contributed by atoms with Crippen molar-refractivity contribution in [2.75, 3.05) is 5.32 Å². The third kappa shape index (κ3) is 4.40. The summed E-state index contributed by atoms with van der Waals surface area (Å²) in [5.41, 5.74) is 1.50. The van der Waals surface area contributed by atoms with Crippen molar-refractivity contribution in [1.82, 2.24) is 14.3 Å². The zero-order valence-corrected chi connectivity index (χ0v) is 16.2. The highest BCUT2D eigenvalue weighted by molar-refractivity contribution is 5.90. The molecule has 2 aromatic carbocycles. The fraction of sp³-hybridized carbons (Fsp3) is 0.0455. The van der Waals surface area contributed by atoms with Crippen molar-refractivity contribution in [3.63, 3.8) is 0 Å². The average Bonchev–Trinajstić information content (AvgIpc) is 3.20. The quantitative estimate of drug-likeness (QED) is 0.384. The van der Waals surface area contributed by atoms with Crippen molar-refractivity contribution in [2.45, 2.75) is 6.54 Å². The molecule has 2 heterocycles. The largest absolute Gasteiger partial charge is 0.309 e. The van der Waals surface area contributed by atoms with E-state index in [4.69, 9.17) is 0 Å². The molecule has 0 saturated heterocycles. The Hall–Kier alpha value is -4.53. The number of rotatable bonds is 6. The van der Waals surface area contributed by atoms with Crippen LogP contribution in [-0.2, 0) is 11.3 Å². The number of nitro groups is 1. The molecule has 0 aliphatic carbocycles. The molecule has 0 unspecified atom stereocenters. The minimum atomic E-state index is -0.621. The van der Waals surface area contributed by atoms with Crippen molar-refractivity contribution in [1.29, 1.82) is 0 Å². The summed E-state index contributed by atoms with van der Waals surface area (Å²) in [5.74, 6) is -0.104. The third-order valence-corrected chi connectivity index (χ3v) is 4.54. The number of para-hydroxylation sites is 1. The number of nitrogens with zero attached hydrogens (tertiary/aromatic N) is 4. The van der Waals surface area contributed by atoms with E-state index in [2.05, 4.69) is 10.4 Å². The molecule has 0 spiro atoms. The summed E-state index contributed by atoms with van der Waals surface area (Å²) in [6.07, 6.45) is 1.05. The zero-order valence-electron chi connectivity index (χ0n) is 16.2. The Balaban J connectivity index is 1.65. The van der Waals surface area contributed by atoms with Gasteiger partial charge in [-0.25, -0.2) is 4.68 Å². The summed E-state index contributed by atoms with van der Waals surface area (Å²) in [4.78, 5) is 35.0. The van der Waals surface area contributed by atoms with Gasteiger partial charge in [0.15, 0.2) is 0 Å². The van der Waals surface area contributed by atoms with Crippen molar-refractivity contribution >= 4 is 17.4 Å². The second kappa shape index (κ2) is 8.46. The number of hydrogen-bond donors (Lipinski definition) is 1. The molecule has 2 aromatic heterocycles. The normalized spacial score (nSPS) is 10.6. The van der Waals surface area contributed by atoms with Gasteiger partial charge in [-0.15, -0.1) is 0 Å². The lowest BCUT2D eigenvalue weighted by atomic mass is 10.2. The summed E-state index contributed by atoms with van der Waals surface area (Å²) >= 11 is 0. The Morgan fingerprint density at radius 2 is 1.68 bits per heavy atom. The van der Waals surface area contributed by atoms with Crippen molar-refractivity contribution in [3.05, 3.63) is 106 Å². The molecule has 9 heteroatoms. The SMILES string of the molecule is O=C(Cn1cc([N+](=O)[O-])ccc1=O)Nc1cc(-c2ccccc2)nn1-c1ccccc1. The van der Waals surface area contributed by atoms with Crippen molar-refractivity contribution < 1.29 is 9.72 Å². The molecule has 0 saturated carbocycles. The standard InChI is InChI=1S/C22H17N5O4/c28-21(15-25-14-18(27(30)31)11-12-22(25)29)23-20-13-19(16-7-3-1-4-8-16)24-26(20)17-9-5-2-6-10-17/h1-14H,15H2,(H,23,28). The second-order valence-electron chi connectivity index (χ2n) is 6.69. The summed E-state index contributed by atoms with van der Waals surface area (Å²) in [5, 5.41) is 18.3. The molecule has 1 amide bonds. The summed E-state index contributed by atoms with van der Waals surface area (Å²) in [7, 11) is 0. The van der Waals surface area contributed by atoms with E-state index in [0.717, 1.165) is 34.1 Å². The van der Waals surface area contributed by atoms with Gasteiger partial charge in [-0.05, 0) is 12.1 Å². The molecule has 4 aromatic rings. The number of benzene rings is 2. The maximum atomic E-state index is 12.7. The molecule has 9 nitrogen and oxygen atoms in total. The maximum Gasteiger partial charge on any atom is 0.285 e. The summed E-state index contributed by atoms with van der Waals surface area (Å²) < 4.78 is 2.59. The molecular formula is C22H17N5O4. The molecule has 0 radical (unpaired) electrons. The smallest absolute Gasteiger partial charge is 0.285 e. The first-order valence-electron chi connectivity index (χ1n) is 9.37. The van der Waals surface area contributed by atoms with Crippen LogP contribution in [0.1, 0.15) is 0 Å². The number of nitrogens with one attached hydrogen (secondary N) is 1. The Morgan fingerprint density at radius 3 is 2.35 bits per heavy atom. The van der Waals surface area contributed by atoms with Crippen LogP contribution >= 0.6 is 0 Å². The summed E-state index contributed by atoms with van der Waals surface area (Å²) in [6, 6.07) is 22.7. The van der Waals surface area contributed by atoms with Gasteiger partial charge >= 0.3 is 0 Å². The van der Waals surface area contributed by atoms with E-state index in [1.54, 1.807) is 10.7 Å². The molecule has 0 fully saturated rings. The van der Waals surface area contributed by atoms with E-state index >= 15 is 0 Å². The van der Waals surface area contributed by atoms with Crippen LogP contribution in [0.25, 0.3) is 16.9 Å². The number of aromatic nitrogens is 3. The first-order chi connectivity index (χ1) is 15.0. The van der Waals surface area contributed by atoms with Crippen molar-refractivity contribution in [2.24, 2.45) is 0 Å². The maximum absolute atomic E-state index is 12.7. The molecule has 0 aliphatic rings. The highest BCUT2D eigenvalue weighted by Crippen LogP contribution is 2.24. The van der Waals surface area contributed by atoms with Gasteiger partial charge in [-0.1, -0.05) is 48.5 Å². The minimum Gasteiger partial charge on any atom is -0.309 e. The van der Waals surface area contributed by atoms with Gasteiger partial charge in [0.05, 0.1) is 22.5 Å². The van der Waals surface area contributed by atoms with Crippen LogP contribution in [-0.4, -0.2) is 25.2 Å². The number of carbonyl (C=O) groups is 1. The first-order valence-corrected chi connectivity index (χ1v) is 9.37. The monoisotopic (exact) mass is 415 g/mol. The Kier molecular flexibility index (Phi) is 5.39. The Bertz CT molecular complexity index is 1300. The molecule has 154 valence electrons. The number of anilines is 1. The van der Waals surface area contributed by atoms with Gasteiger partial charge < -0.3 is 5.32 Å². The third-order valence-electron chi connectivity index (χ3n) is 4.54. The van der Waals surface area contributed by atoms with E-state index < -0.39 is 16.4 Å². The average molecular weight is 415 g/mol. The van der Waals surface area contributed by atoms with Crippen LogP contribution in [0.5, 0.6) is 0 Å². The van der Waals surface area contributed by atoms with Gasteiger partial charge in [-0.2, -0.15) is 5.10 Å². The fourth-order valence-corrected chi connectivity index (χ4v) is 3.07. The molecule has 1 N–H and O–H groups in total. The summed E-state index contributed by atoms with van der Waals surface area (Å²) in [6.45, 7) is -0.374. The van der Waals surface area contributed by atoms with Crippen LogP contribution in [0.3, 0.4) is 0 Å². The van der Waals surface area contributed by atoms with Gasteiger partial charge in [0.2, 0.25) is 5.91 Å². The van der Waals surface area contributed by atoms with Crippen LogP contribution in [0.15, 0.2) is 89.9 Å². The Labute approximate surface area is 176 Å². The Morgan fingerprint density at radius 1 is 1.00 bits per heavy atom.